The predicted molar refractivity (Wildman–Crippen MR) is 85.2 cm³/mol. The monoisotopic (exact) mass is 274 g/mol. The molecule has 1 aromatic rings. The Hall–Kier alpha value is -1.51. The molecule has 1 aromatic carbocycles. The Morgan fingerprint density at radius 1 is 1.30 bits per heavy atom. The van der Waals surface area contributed by atoms with Gasteiger partial charge in [0, 0.05) is 13.6 Å². The lowest BCUT2D eigenvalue weighted by atomic mass is 10.1. The van der Waals surface area contributed by atoms with E-state index in [1.807, 2.05) is 6.34 Å². The molecule has 0 unspecified atom stereocenters. The number of benzene rings is 1. The van der Waals surface area contributed by atoms with Crippen LogP contribution in [0.25, 0.3) is 0 Å². The molecule has 0 amide bonds. The van der Waals surface area contributed by atoms with Crippen molar-refractivity contribution in [2.75, 3.05) is 20.2 Å². The van der Waals surface area contributed by atoms with E-state index >= 15 is 0 Å². The van der Waals surface area contributed by atoms with Crippen LogP contribution in [0.4, 0.5) is 5.69 Å². The van der Waals surface area contributed by atoms with Crippen molar-refractivity contribution in [1.82, 2.24) is 4.90 Å². The lowest BCUT2D eigenvalue weighted by Crippen LogP contribution is -2.16. The molecule has 3 nitrogen and oxygen atoms in total. The standard InChI is InChI=1S/C17H26N2O/c1-5-8-19(4)12-18-16-9-14(3)17(10-13(16)2)20-11-15-6-7-15/h9-10,12,15H,5-8,11H2,1-4H3. The van der Waals surface area contributed by atoms with E-state index < -0.39 is 0 Å². The Kier molecular flexibility index (Phi) is 5.05. The largest absolute Gasteiger partial charge is 0.493 e. The molecule has 0 spiro atoms. The lowest BCUT2D eigenvalue weighted by molar-refractivity contribution is 0.297. The molecule has 1 saturated carbocycles. The molecular weight excluding hydrogens is 248 g/mol. The Balaban J connectivity index is 2.04. The van der Waals surface area contributed by atoms with E-state index in [1.54, 1.807) is 0 Å². The SMILES string of the molecule is CCCN(C)C=Nc1cc(C)c(OCC2CC2)cc1C. The maximum Gasteiger partial charge on any atom is 0.122 e. The van der Waals surface area contributed by atoms with Crippen molar-refractivity contribution in [2.45, 2.75) is 40.0 Å². The number of aliphatic imine (C=N–C) groups is 1. The summed E-state index contributed by atoms with van der Waals surface area (Å²) in [6, 6.07) is 4.23. The van der Waals surface area contributed by atoms with Gasteiger partial charge in [0.1, 0.15) is 5.75 Å². The van der Waals surface area contributed by atoms with Crippen LogP contribution in [0, 0.1) is 19.8 Å². The zero-order chi connectivity index (χ0) is 14.5. The molecule has 110 valence electrons. The topological polar surface area (TPSA) is 24.8 Å². The number of hydrogen-bond donors (Lipinski definition) is 0. The molecule has 2 rings (SSSR count). The Morgan fingerprint density at radius 2 is 2.05 bits per heavy atom. The summed E-state index contributed by atoms with van der Waals surface area (Å²) in [6.07, 6.45) is 5.69. The second-order valence-corrected chi connectivity index (χ2v) is 5.88. The molecule has 1 aliphatic carbocycles. The summed E-state index contributed by atoms with van der Waals surface area (Å²) >= 11 is 0. The molecule has 0 saturated heterocycles. The first kappa shape index (κ1) is 14.9. The quantitative estimate of drug-likeness (QED) is 0.552. The minimum absolute atomic E-state index is 0.787. The van der Waals surface area contributed by atoms with Crippen molar-refractivity contribution in [2.24, 2.45) is 10.9 Å². The first-order valence-electron chi connectivity index (χ1n) is 7.58. The third kappa shape index (κ3) is 4.26. The van der Waals surface area contributed by atoms with E-state index in [0.717, 1.165) is 36.9 Å². The molecule has 0 atom stereocenters. The zero-order valence-corrected chi connectivity index (χ0v) is 13.1. The van der Waals surface area contributed by atoms with Crippen LogP contribution in [-0.4, -0.2) is 31.4 Å². The van der Waals surface area contributed by atoms with Gasteiger partial charge in [0.05, 0.1) is 18.6 Å². The molecule has 0 aliphatic heterocycles. The third-order valence-electron chi connectivity index (χ3n) is 3.64. The average molecular weight is 274 g/mol. The molecule has 3 heteroatoms. The number of aryl methyl sites for hydroxylation is 2. The van der Waals surface area contributed by atoms with Gasteiger partial charge < -0.3 is 9.64 Å². The fraction of sp³-hybridized carbons (Fsp3) is 0.588. The summed E-state index contributed by atoms with van der Waals surface area (Å²) < 4.78 is 5.90. The highest BCUT2D eigenvalue weighted by Crippen LogP contribution is 2.32. The molecule has 0 N–H and O–H groups in total. The van der Waals surface area contributed by atoms with Gasteiger partial charge in [-0.1, -0.05) is 6.92 Å². The minimum atomic E-state index is 0.787. The maximum absolute atomic E-state index is 5.90. The summed E-state index contributed by atoms with van der Waals surface area (Å²) in [5.74, 6) is 1.80. The van der Waals surface area contributed by atoms with Gasteiger partial charge in [-0.2, -0.15) is 0 Å². The van der Waals surface area contributed by atoms with Crippen LogP contribution in [0.3, 0.4) is 0 Å². The van der Waals surface area contributed by atoms with Crippen LogP contribution in [-0.2, 0) is 0 Å². The zero-order valence-electron chi connectivity index (χ0n) is 13.1. The summed E-state index contributed by atoms with van der Waals surface area (Å²) in [4.78, 5) is 6.70. The van der Waals surface area contributed by atoms with Gasteiger partial charge in [0.25, 0.3) is 0 Å². The van der Waals surface area contributed by atoms with Gasteiger partial charge in [-0.25, -0.2) is 4.99 Å². The van der Waals surface area contributed by atoms with Crippen molar-refractivity contribution in [3.05, 3.63) is 23.3 Å². The van der Waals surface area contributed by atoms with Crippen molar-refractivity contribution >= 4 is 12.0 Å². The number of rotatable bonds is 7. The molecular formula is C17H26N2O. The molecule has 0 heterocycles. The summed E-state index contributed by atoms with van der Waals surface area (Å²) in [5, 5.41) is 0. The van der Waals surface area contributed by atoms with Crippen LogP contribution < -0.4 is 4.74 Å². The molecule has 0 bridgehead atoms. The second kappa shape index (κ2) is 6.78. The van der Waals surface area contributed by atoms with Gasteiger partial charge in [-0.05, 0) is 62.3 Å². The van der Waals surface area contributed by atoms with Crippen molar-refractivity contribution < 1.29 is 4.74 Å². The second-order valence-electron chi connectivity index (χ2n) is 5.88. The number of hydrogen-bond acceptors (Lipinski definition) is 2. The van der Waals surface area contributed by atoms with Crippen LogP contribution in [0.2, 0.25) is 0 Å². The highest BCUT2D eigenvalue weighted by atomic mass is 16.5. The molecule has 1 fully saturated rings. The summed E-state index contributed by atoms with van der Waals surface area (Å²) in [5.41, 5.74) is 3.37. The van der Waals surface area contributed by atoms with Gasteiger partial charge in [-0.3, -0.25) is 0 Å². The number of nitrogens with zero attached hydrogens (tertiary/aromatic N) is 2. The van der Waals surface area contributed by atoms with Crippen LogP contribution in [0.15, 0.2) is 17.1 Å². The Morgan fingerprint density at radius 3 is 2.70 bits per heavy atom. The summed E-state index contributed by atoms with van der Waals surface area (Å²) in [7, 11) is 2.06. The van der Waals surface area contributed by atoms with E-state index in [0.29, 0.717) is 0 Å². The molecule has 1 aliphatic rings. The predicted octanol–water partition coefficient (Wildman–Crippen LogP) is 4.09. The van der Waals surface area contributed by atoms with Gasteiger partial charge in [0.2, 0.25) is 0 Å². The van der Waals surface area contributed by atoms with Gasteiger partial charge in [-0.15, -0.1) is 0 Å². The number of ether oxygens (including phenoxy) is 1. The van der Waals surface area contributed by atoms with E-state index in [9.17, 15) is 0 Å². The smallest absolute Gasteiger partial charge is 0.122 e. The van der Waals surface area contributed by atoms with Crippen LogP contribution in [0.5, 0.6) is 5.75 Å². The van der Waals surface area contributed by atoms with Gasteiger partial charge >= 0.3 is 0 Å². The highest BCUT2D eigenvalue weighted by molar-refractivity contribution is 5.64. The van der Waals surface area contributed by atoms with E-state index in [2.05, 4.69) is 49.8 Å². The van der Waals surface area contributed by atoms with E-state index in [-0.39, 0.29) is 0 Å². The molecule has 20 heavy (non-hydrogen) atoms. The molecule has 0 radical (unpaired) electrons. The molecule has 0 aromatic heterocycles. The van der Waals surface area contributed by atoms with E-state index in [1.165, 1.54) is 24.0 Å². The lowest BCUT2D eigenvalue weighted by Gasteiger charge is -2.13. The van der Waals surface area contributed by atoms with E-state index in [4.69, 9.17) is 4.74 Å². The van der Waals surface area contributed by atoms with Crippen molar-refractivity contribution in [3.8, 4) is 5.75 Å². The fourth-order valence-electron chi connectivity index (χ4n) is 2.13. The van der Waals surface area contributed by atoms with Crippen LogP contribution >= 0.6 is 0 Å². The maximum atomic E-state index is 5.90. The third-order valence-corrected chi connectivity index (χ3v) is 3.64. The van der Waals surface area contributed by atoms with Crippen LogP contribution in [0.1, 0.15) is 37.3 Å². The average Bonchev–Trinajstić information content (AvgIpc) is 3.22. The van der Waals surface area contributed by atoms with Crippen molar-refractivity contribution in [1.29, 1.82) is 0 Å². The van der Waals surface area contributed by atoms with Gasteiger partial charge in [0.15, 0.2) is 0 Å². The Bertz CT molecular complexity index is 478. The highest BCUT2D eigenvalue weighted by Gasteiger charge is 2.22. The normalized spacial score (nSPS) is 14.8. The fourth-order valence-corrected chi connectivity index (χ4v) is 2.13. The first-order chi connectivity index (χ1) is 9.60. The Labute approximate surface area is 122 Å². The first-order valence-corrected chi connectivity index (χ1v) is 7.58. The minimum Gasteiger partial charge on any atom is -0.493 e. The van der Waals surface area contributed by atoms with Crippen molar-refractivity contribution in [3.63, 3.8) is 0 Å². The summed E-state index contributed by atoms with van der Waals surface area (Å²) in [6.45, 7) is 8.25.